The van der Waals surface area contributed by atoms with Crippen molar-refractivity contribution in [3.63, 3.8) is 0 Å². The summed E-state index contributed by atoms with van der Waals surface area (Å²) in [4.78, 5) is 19.0. The molecule has 0 amide bonds. The predicted octanol–water partition coefficient (Wildman–Crippen LogP) is 0.783. The zero-order valence-electron chi connectivity index (χ0n) is 9.57. The van der Waals surface area contributed by atoms with E-state index in [1.807, 2.05) is 0 Å². The lowest BCUT2D eigenvalue weighted by molar-refractivity contribution is 0.0696. The normalized spacial score (nSPS) is 10.5. The summed E-state index contributed by atoms with van der Waals surface area (Å²) >= 11 is 1.33. The lowest BCUT2D eigenvalue weighted by Gasteiger charge is -2.04. The van der Waals surface area contributed by atoms with Gasteiger partial charge in [-0.3, -0.25) is 4.68 Å². The van der Waals surface area contributed by atoms with Crippen LogP contribution in [0.3, 0.4) is 0 Å². The third-order valence-corrected chi connectivity index (χ3v) is 3.33. The number of aromatic carboxylic acids is 1. The van der Waals surface area contributed by atoms with Gasteiger partial charge in [-0.1, -0.05) is 11.8 Å². The fraction of sp³-hybridized carbons (Fsp3) is 0.200. The van der Waals surface area contributed by atoms with Crippen molar-refractivity contribution in [2.24, 2.45) is 7.05 Å². The molecule has 0 aliphatic carbocycles. The molecule has 0 aromatic carbocycles. The van der Waals surface area contributed by atoms with Gasteiger partial charge in [0.15, 0.2) is 5.82 Å². The molecule has 3 N–H and O–H groups in total. The number of hydrogen-bond donors (Lipinski definition) is 2. The number of carbonyl (C=O) groups is 1. The number of nitrogens with two attached hydrogens (primary N) is 1. The largest absolute Gasteiger partial charge is 0.478 e. The zero-order chi connectivity index (χ0) is 13.1. The number of carboxylic acid groups (broad SMARTS) is 1. The molecule has 8 heteroatoms. The van der Waals surface area contributed by atoms with E-state index in [-0.39, 0.29) is 5.56 Å². The Morgan fingerprint density at radius 3 is 2.89 bits per heavy atom. The van der Waals surface area contributed by atoms with E-state index in [2.05, 4.69) is 15.1 Å². The van der Waals surface area contributed by atoms with Crippen LogP contribution < -0.4 is 5.73 Å². The Morgan fingerprint density at radius 2 is 2.22 bits per heavy atom. The second kappa shape index (κ2) is 5.05. The molecule has 0 unspecified atom stereocenters. The fourth-order valence-corrected chi connectivity index (χ4v) is 2.35. The number of nitrogen functional groups attached to an aromatic ring is 1. The van der Waals surface area contributed by atoms with E-state index in [0.29, 0.717) is 22.3 Å². The van der Waals surface area contributed by atoms with Crippen molar-refractivity contribution in [2.45, 2.75) is 10.8 Å². The quantitative estimate of drug-likeness (QED) is 0.786. The maximum Gasteiger partial charge on any atom is 0.339 e. The molecule has 7 nitrogen and oxygen atoms in total. The first kappa shape index (κ1) is 12.4. The SMILES string of the molecule is Cn1ncc(C(=O)O)c1CSc1nccnc1N. The molecule has 2 aromatic rings. The minimum absolute atomic E-state index is 0.187. The Balaban J connectivity index is 2.18. The number of carboxylic acids is 1. The van der Waals surface area contributed by atoms with Crippen molar-refractivity contribution in [3.05, 3.63) is 29.8 Å². The first-order valence-corrected chi connectivity index (χ1v) is 6.01. The van der Waals surface area contributed by atoms with Crippen molar-refractivity contribution in [3.8, 4) is 0 Å². The summed E-state index contributed by atoms with van der Waals surface area (Å²) in [7, 11) is 1.70. The molecule has 0 radical (unpaired) electrons. The first-order valence-electron chi connectivity index (χ1n) is 5.03. The van der Waals surface area contributed by atoms with E-state index in [1.165, 1.54) is 28.8 Å². The molecule has 2 aromatic heterocycles. The van der Waals surface area contributed by atoms with Crippen LogP contribution in [-0.2, 0) is 12.8 Å². The number of hydrogen-bond acceptors (Lipinski definition) is 6. The van der Waals surface area contributed by atoms with Crippen molar-refractivity contribution >= 4 is 23.5 Å². The smallest absolute Gasteiger partial charge is 0.339 e. The molecule has 0 aliphatic rings. The Kier molecular flexibility index (Phi) is 3.47. The van der Waals surface area contributed by atoms with Crippen LogP contribution in [0.1, 0.15) is 16.1 Å². The number of anilines is 1. The predicted molar refractivity (Wildman–Crippen MR) is 66.2 cm³/mol. The lowest BCUT2D eigenvalue weighted by Crippen LogP contribution is -2.04. The van der Waals surface area contributed by atoms with Gasteiger partial charge in [-0.25, -0.2) is 14.8 Å². The van der Waals surface area contributed by atoms with Crippen molar-refractivity contribution < 1.29 is 9.90 Å². The van der Waals surface area contributed by atoms with Gasteiger partial charge >= 0.3 is 5.97 Å². The number of thioether (sulfide) groups is 1. The number of aryl methyl sites for hydroxylation is 1. The van der Waals surface area contributed by atoms with Crippen LogP contribution in [-0.4, -0.2) is 30.8 Å². The van der Waals surface area contributed by atoms with Gasteiger partial charge in [-0.2, -0.15) is 5.10 Å². The highest BCUT2D eigenvalue weighted by Gasteiger charge is 2.15. The number of rotatable bonds is 4. The van der Waals surface area contributed by atoms with Gasteiger partial charge in [0.05, 0.1) is 11.9 Å². The summed E-state index contributed by atoms with van der Waals surface area (Å²) in [5.74, 6) is -0.242. The third-order valence-electron chi connectivity index (χ3n) is 2.33. The highest BCUT2D eigenvalue weighted by Crippen LogP contribution is 2.25. The molecule has 0 bridgehead atoms. The molecule has 2 heterocycles. The van der Waals surface area contributed by atoms with Crippen LogP contribution in [0, 0.1) is 0 Å². The average Bonchev–Trinajstić information content (AvgIpc) is 2.70. The van der Waals surface area contributed by atoms with Gasteiger partial charge in [-0.15, -0.1) is 0 Å². The van der Waals surface area contributed by atoms with E-state index >= 15 is 0 Å². The van der Waals surface area contributed by atoms with Gasteiger partial charge in [0.2, 0.25) is 0 Å². The third kappa shape index (κ3) is 2.43. The van der Waals surface area contributed by atoms with Gasteiger partial charge in [-0.05, 0) is 0 Å². The Hall–Kier alpha value is -2.09. The van der Waals surface area contributed by atoms with Gasteiger partial charge in [0, 0.05) is 25.2 Å². The number of aromatic nitrogens is 4. The summed E-state index contributed by atoms with van der Waals surface area (Å²) in [5, 5.41) is 13.5. The second-order valence-electron chi connectivity index (χ2n) is 3.47. The van der Waals surface area contributed by atoms with Gasteiger partial charge in [0.1, 0.15) is 10.6 Å². The van der Waals surface area contributed by atoms with Crippen LogP contribution in [0.4, 0.5) is 5.82 Å². The highest BCUT2D eigenvalue weighted by atomic mass is 32.2. The fourth-order valence-electron chi connectivity index (χ4n) is 1.40. The molecular formula is C10H11N5O2S. The lowest BCUT2D eigenvalue weighted by atomic mass is 10.3. The maximum absolute atomic E-state index is 11.0. The van der Waals surface area contributed by atoms with E-state index < -0.39 is 5.97 Å². The molecular weight excluding hydrogens is 254 g/mol. The van der Waals surface area contributed by atoms with Crippen LogP contribution in [0.25, 0.3) is 0 Å². The summed E-state index contributed by atoms with van der Waals surface area (Å²) in [5.41, 5.74) is 6.46. The summed E-state index contributed by atoms with van der Waals surface area (Å²) in [6.07, 6.45) is 4.38. The van der Waals surface area contributed by atoms with E-state index in [9.17, 15) is 4.79 Å². The minimum atomic E-state index is -0.995. The van der Waals surface area contributed by atoms with Crippen molar-refractivity contribution in [1.82, 2.24) is 19.7 Å². The Labute approximate surface area is 107 Å². The van der Waals surface area contributed by atoms with Gasteiger partial charge < -0.3 is 10.8 Å². The first-order chi connectivity index (χ1) is 8.59. The molecule has 94 valence electrons. The van der Waals surface area contributed by atoms with E-state index in [0.717, 1.165) is 0 Å². The topological polar surface area (TPSA) is 107 Å². The Bertz CT molecular complexity index is 583. The molecule has 0 aliphatic heterocycles. The summed E-state index contributed by atoms with van der Waals surface area (Å²) in [6, 6.07) is 0. The maximum atomic E-state index is 11.0. The summed E-state index contributed by atoms with van der Waals surface area (Å²) < 4.78 is 1.53. The van der Waals surface area contributed by atoms with Crippen LogP contribution in [0.15, 0.2) is 23.6 Å². The van der Waals surface area contributed by atoms with E-state index in [1.54, 1.807) is 13.2 Å². The molecule has 18 heavy (non-hydrogen) atoms. The second-order valence-corrected chi connectivity index (χ2v) is 4.43. The van der Waals surface area contributed by atoms with Gasteiger partial charge in [0.25, 0.3) is 0 Å². The van der Waals surface area contributed by atoms with E-state index in [4.69, 9.17) is 10.8 Å². The number of nitrogens with zero attached hydrogens (tertiary/aromatic N) is 4. The Morgan fingerprint density at radius 1 is 1.50 bits per heavy atom. The highest BCUT2D eigenvalue weighted by molar-refractivity contribution is 7.98. The molecule has 0 saturated heterocycles. The minimum Gasteiger partial charge on any atom is -0.478 e. The molecule has 2 rings (SSSR count). The van der Waals surface area contributed by atoms with Crippen molar-refractivity contribution in [2.75, 3.05) is 5.73 Å². The molecule has 0 fully saturated rings. The zero-order valence-corrected chi connectivity index (χ0v) is 10.4. The molecule has 0 saturated carbocycles. The molecule has 0 spiro atoms. The van der Waals surface area contributed by atoms with Crippen molar-refractivity contribution in [1.29, 1.82) is 0 Å². The average molecular weight is 265 g/mol. The standard InChI is InChI=1S/C10H11N5O2S/c1-15-7(6(4-14-15)10(16)17)5-18-9-8(11)12-2-3-13-9/h2-4H,5H2,1H3,(H2,11,12)(H,16,17). The van der Waals surface area contributed by atoms with Crippen LogP contribution in [0.5, 0.6) is 0 Å². The monoisotopic (exact) mass is 265 g/mol. The summed E-state index contributed by atoms with van der Waals surface area (Å²) in [6.45, 7) is 0. The van der Waals surface area contributed by atoms with Crippen LogP contribution in [0.2, 0.25) is 0 Å². The molecule has 0 atom stereocenters. The van der Waals surface area contributed by atoms with Crippen LogP contribution >= 0.6 is 11.8 Å².